The van der Waals surface area contributed by atoms with Crippen molar-refractivity contribution in [3.63, 3.8) is 0 Å². The maximum Gasteiger partial charge on any atom is 0.160 e. The topological polar surface area (TPSA) is 56.7 Å². The predicted octanol–water partition coefficient (Wildman–Crippen LogP) is 3.35. The summed E-state index contributed by atoms with van der Waals surface area (Å²) in [5.74, 6) is 0.821. The Balaban J connectivity index is 2.30. The molecule has 3 aromatic rings. The number of imidazole rings is 1. The fourth-order valence-corrected chi connectivity index (χ4v) is 2.45. The molecule has 0 spiro atoms. The van der Waals surface area contributed by atoms with Gasteiger partial charge in [0.25, 0.3) is 0 Å². The number of rotatable bonds is 2. The van der Waals surface area contributed by atoms with E-state index < -0.39 is 0 Å². The molecule has 0 fully saturated rings. The fourth-order valence-electron chi connectivity index (χ4n) is 2.18. The molecule has 19 heavy (non-hydrogen) atoms. The smallest absolute Gasteiger partial charge is 0.160 e. The zero-order valence-corrected chi connectivity index (χ0v) is 11.2. The van der Waals surface area contributed by atoms with Gasteiger partial charge in [0, 0.05) is 24.0 Å². The van der Waals surface area contributed by atoms with Gasteiger partial charge in [-0.25, -0.2) is 9.97 Å². The van der Waals surface area contributed by atoms with Gasteiger partial charge in [0.2, 0.25) is 0 Å². The summed E-state index contributed by atoms with van der Waals surface area (Å²) < 4.78 is 2.05. The van der Waals surface area contributed by atoms with Gasteiger partial charge < -0.3 is 10.3 Å². The number of nitrogens with zero attached hydrogens (tertiary/aromatic N) is 3. The van der Waals surface area contributed by atoms with Crippen LogP contribution < -0.4 is 5.73 Å². The van der Waals surface area contributed by atoms with Gasteiger partial charge >= 0.3 is 0 Å². The summed E-state index contributed by atoms with van der Waals surface area (Å²) in [7, 11) is 0. The average Bonchev–Trinajstić information content (AvgIpc) is 2.76. The van der Waals surface area contributed by atoms with Crippen LogP contribution >= 0.6 is 11.6 Å². The van der Waals surface area contributed by atoms with E-state index in [0.717, 1.165) is 29.1 Å². The standard InChI is InChI=1S/C14H13ClN4/c1-2-19-13(10-6-5-9(16)8-11(10)15)18-12-4-3-7-17-14(12)19/h3-8H,2,16H2,1H3. The number of fused-ring (bicyclic) bond motifs is 1. The number of nitrogen functional groups attached to an aromatic ring is 1. The summed E-state index contributed by atoms with van der Waals surface area (Å²) in [6.07, 6.45) is 1.77. The number of benzene rings is 1. The van der Waals surface area contributed by atoms with E-state index in [2.05, 4.69) is 16.9 Å². The van der Waals surface area contributed by atoms with Crippen molar-refractivity contribution in [2.45, 2.75) is 13.5 Å². The molecule has 5 heteroatoms. The van der Waals surface area contributed by atoms with Crippen molar-refractivity contribution in [3.8, 4) is 11.4 Å². The highest BCUT2D eigenvalue weighted by atomic mass is 35.5. The molecule has 0 saturated carbocycles. The zero-order valence-electron chi connectivity index (χ0n) is 10.5. The third kappa shape index (κ3) is 1.94. The van der Waals surface area contributed by atoms with Crippen LogP contribution in [0.2, 0.25) is 5.02 Å². The van der Waals surface area contributed by atoms with Crippen LogP contribution in [-0.4, -0.2) is 14.5 Å². The summed E-state index contributed by atoms with van der Waals surface area (Å²) in [4.78, 5) is 9.00. The Kier molecular flexibility index (Phi) is 2.87. The van der Waals surface area contributed by atoms with Gasteiger partial charge in [-0.2, -0.15) is 0 Å². The van der Waals surface area contributed by atoms with Crippen LogP contribution in [0.1, 0.15) is 6.92 Å². The van der Waals surface area contributed by atoms with Crippen LogP contribution in [0.4, 0.5) is 5.69 Å². The van der Waals surface area contributed by atoms with Crippen molar-refractivity contribution in [3.05, 3.63) is 41.6 Å². The molecule has 0 aliphatic heterocycles. The van der Waals surface area contributed by atoms with Crippen molar-refractivity contribution in [2.75, 3.05) is 5.73 Å². The molecular weight excluding hydrogens is 260 g/mol. The molecule has 3 rings (SSSR count). The van der Waals surface area contributed by atoms with E-state index >= 15 is 0 Å². The lowest BCUT2D eigenvalue weighted by molar-refractivity contribution is 0.787. The van der Waals surface area contributed by atoms with E-state index in [1.165, 1.54) is 0 Å². The van der Waals surface area contributed by atoms with E-state index in [-0.39, 0.29) is 0 Å². The van der Waals surface area contributed by atoms with E-state index in [1.807, 2.05) is 28.8 Å². The first-order valence-corrected chi connectivity index (χ1v) is 6.45. The van der Waals surface area contributed by atoms with Crippen molar-refractivity contribution >= 4 is 28.5 Å². The second kappa shape index (κ2) is 4.55. The molecular formula is C14H13ClN4. The molecule has 0 bridgehead atoms. The number of aromatic nitrogens is 3. The number of nitrogens with two attached hydrogens (primary N) is 1. The summed E-state index contributed by atoms with van der Waals surface area (Å²) in [6.45, 7) is 2.84. The van der Waals surface area contributed by atoms with Gasteiger partial charge in [-0.1, -0.05) is 11.6 Å². The van der Waals surface area contributed by atoms with E-state index in [4.69, 9.17) is 17.3 Å². The SMILES string of the molecule is CCn1c(-c2ccc(N)cc2Cl)nc2cccnc21. The predicted molar refractivity (Wildman–Crippen MR) is 78.1 cm³/mol. The zero-order chi connectivity index (χ0) is 13.4. The van der Waals surface area contributed by atoms with Gasteiger partial charge in [0.1, 0.15) is 11.3 Å². The highest BCUT2D eigenvalue weighted by Crippen LogP contribution is 2.30. The quantitative estimate of drug-likeness (QED) is 0.728. The molecule has 96 valence electrons. The monoisotopic (exact) mass is 272 g/mol. The van der Waals surface area contributed by atoms with E-state index in [1.54, 1.807) is 12.3 Å². The molecule has 2 N–H and O–H groups in total. The summed E-state index contributed by atoms with van der Waals surface area (Å²) in [5.41, 5.74) is 8.98. The fraction of sp³-hybridized carbons (Fsp3) is 0.143. The molecule has 1 aromatic carbocycles. The van der Waals surface area contributed by atoms with Crippen molar-refractivity contribution in [1.29, 1.82) is 0 Å². The van der Waals surface area contributed by atoms with Crippen LogP contribution in [0.15, 0.2) is 36.5 Å². The van der Waals surface area contributed by atoms with Crippen LogP contribution in [0, 0.1) is 0 Å². The lowest BCUT2D eigenvalue weighted by atomic mass is 10.2. The van der Waals surface area contributed by atoms with Gasteiger partial charge in [-0.15, -0.1) is 0 Å². The molecule has 2 aromatic heterocycles. The second-order valence-electron chi connectivity index (χ2n) is 4.27. The molecule has 4 nitrogen and oxygen atoms in total. The minimum Gasteiger partial charge on any atom is -0.399 e. The summed E-state index contributed by atoms with van der Waals surface area (Å²) in [6, 6.07) is 9.29. The van der Waals surface area contributed by atoms with E-state index in [9.17, 15) is 0 Å². The number of aryl methyl sites for hydroxylation is 1. The number of hydrogen-bond donors (Lipinski definition) is 1. The molecule has 0 unspecified atom stereocenters. The van der Waals surface area contributed by atoms with Gasteiger partial charge in [-0.05, 0) is 37.3 Å². The lowest BCUT2D eigenvalue weighted by Gasteiger charge is -2.07. The van der Waals surface area contributed by atoms with Gasteiger partial charge in [-0.3, -0.25) is 0 Å². The molecule has 0 saturated heterocycles. The van der Waals surface area contributed by atoms with Crippen molar-refractivity contribution in [1.82, 2.24) is 14.5 Å². The molecule has 0 atom stereocenters. The molecule has 0 aliphatic rings. The Bertz CT molecular complexity index is 748. The molecule has 0 aliphatic carbocycles. The minimum absolute atomic E-state index is 0.602. The first kappa shape index (κ1) is 12.0. The number of halogens is 1. The van der Waals surface area contributed by atoms with Crippen molar-refractivity contribution in [2.24, 2.45) is 0 Å². The largest absolute Gasteiger partial charge is 0.399 e. The molecule has 2 heterocycles. The average molecular weight is 273 g/mol. The van der Waals surface area contributed by atoms with Gasteiger partial charge in [0.05, 0.1) is 5.02 Å². The maximum absolute atomic E-state index is 6.27. The Morgan fingerprint density at radius 1 is 1.32 bits per heavy atom. The van der Waals surface area contributed by atoms with Crippen LogP contribution in [0.3, 0.4) is 0 Å². The normalized spacial score (nSPS) is 11.1. The third-order valence-electron chi connectivity index (χ3n) is 3.05. The number of pyridine rings is 1. The number of anilines is 1. The first-order valence-electron chi connectivity index (χ1n) is 6.07. The Morgan fingerprint density at radius 2 is 2.16 bits per heavy atom. The molecule has 0 radical (unpaired) electrons. The highest BCUT2D eigenvalue weighted by Gasteiger charge is 2.14. The number of hydrogen-bond acceptors (Lipinski definition) is 3. The Hall–Kier alpha value is -2.07. The highest BCUT2D eigenvalue weighted by molar-refractivity contribution is 6.33. The lowest BCUT2D eigenvalue weighted by Crippen LogP contribution is -1.99. The van der Waals surface area contributed by atoms with E-state index in [0.29, 0.717) is 10.7 Å². The van der Waals surface area contributed by atoms with Gasteiger partial charge in [0.15, 0.2) is 5.65 Å². The minimum atomic E-state index is 0.602. The maximum atomic E-state index is 6.27. The Morgan fingerprint density at radius 3 is 2.89 bits per heavy atom. The second-order valence-corrected chi connectivity index (χ2v) is 4.67. The summed E-state index contributed by atoms with van der Waals surface area (Å²) in [5, 5.41) is 0.602. The van der Waals surface area contributed by atoms with Crippen molar-refractivity contribution < 1.29 is 0 Å². The third-order valence-corrected chi connectivity index (χ3v) is 3.37. The Labute approximate surface area is 115 Å². The summed E-state index contributed by atoms with van der Waals surface area (Å²) >= 11 is 6.27. The van der Waals surface area contributed by atoms with Crippen LogP contribution in [-0.2, 0) is 6.54 Å². The van der Waals surface area contributed by atoms with Crippen LogP contribution in [0.25, 0.3) is 22.6 Å². The molecule has 0 amide bonds. The first-order chi connectivity index (χ1) is 9.20. The van der Waals surface area contributed by atoms with Crippen LogP contribution in [0.5, 0.6) is 0 Å².